The molecule has 0 aromatic carbocycles. The molecule has 0 saturated carbocycles. The Morgan fingerprint density at radius 1 is 1.24 bits per heavy atom. The predicted molar refractivity (Wildman–Crippen MR) is 78.5 cm³/mol. The van der Waals surface area contributed by atoms with Crippen molar-refractivity contribution < 1.29 is 19.0 Å². The highest BCUT2D eigenvalue weighted by Gasteiger charge is 2.20. The van der Waals surface area contributed by atoms with E-state index >= 15 is 0 Å². The van der Waals surface area contributed by atoms with Gasteiger partial charge in [0.25, 0.3) is 0 Å². The highest BCUT2D eigenvalue weighted by atomic mass is 19.1. The summed E-state index contributed by atoms with van der Waals surface area (Å²) in [6.45, 7) is 5.43. The van der Waals surface area contributed by atoms with E-state index in [0.717, 1.165) is 19.3 Å². The standard InChI is InChI=1S/C15H25FN2O3/c1-12(11-18(6-8-20-2)7-9-21-3)15(19)14-5-4-13(16)10-17-14/h4-5,10,12,15,19H,6-9,11H2,1-3H3. The molecule has 1 rings (SSSR count). The first kappa shape index (κ1) is 18.0. The van der Waals surface area contributed by atoms with Crippen molar-refractivity contribution in [3.8, 4) is 0 Å². The van der Waals surface area contributed by atoms with Crippen LogP contribution in [0.2, 0.25) is 0 Å². The van der Waals surface area contributed by atoms with Crippen LogP contribution in [0.1, 0.15) is 18.7 Å². The average Bonchev–Trinajstić information content (AvgIpc) is 2.49. The number of hydrogen-bond acceptors (Lipinski definition) is 5. The Morgan fingerprint density at radius 2 is 1.86 bits per heavy atom. The van der Waals surface area contributed by atoms with Crippen LogP contribution < -0.4 is 0 Å². The van der Waals surface area contributed by atoms with Crippen molar-refractivity contribution in [2.45, 2.75) is 13.0 Å². The topological polar surface area (TPSA) is 54.8 Å². The molecular formula is C15H25FN2O3. The van der Waals surface area contributed by atoms with Crippen LogP contribution in [0.5, 0.6) is 0 Å². The number of nitrogens with zero attached hydrogens (tertiary/aromatic N) is 2. The third kappa shape index (κ3) is 6.48. The van der Waals surface area contributed by atoms with Gasteiger partial charge in [0.15, 0.2) is 0 Å². The molecule has 0 amide bonds. The molecule has 0 saturated heterocycles. The summed E-state index contributed by atoms with van der Waals surface area (Å²) in [6, 6.07) is 2.83. The fourth-order valence-corrected chi connectivity index (χ4v) is 2.10. The second kappa shape index (κ2) is 9.78. The summed E-state index contributed by atoms with van der Waals surface area (Å²) < 4.78 is 23.0. The van der Waals surface area contributed by atoms with E-state index in [2.05, 4.69) is 9.88 Å². The van der Waals surface area contributed by atoms with Crippen molar-refractivity contribution in [3.05, 3.63) is 29.8 Å². The highest BCUT2D eigenvalue weighted by molar-refractivity contribution is 5.08. The molecule has 2 unspecified atom stereocenters. The Bertz CT molecular complexity index is 381. The minimum absolute atomic E-state index is 0.0309. The van der Waals surface area contributed by atoms with E-state index in [0.29, 0.717) is 25.5 Å². The lowest BCUT2D eigenvalue weighted by Crippen LogP contribution is -2.36. The summed E-state index contributed by atoms with van der Waals surface area (Å²) in [4.78, 5) is 6.11. The maximum atomic E-state index is 12.9. The van der Waals surface area contributed by atoms with Crippen molar-refractivity contribution in [1.29, 1.82) is 0 Å². The van der Waals surface area contributed by atoms with Crippen LogP contribution in [-0.4, -0.2) is 62.1 Å². The number of aliphatic hydroxyl groups excluding tert-OH is 1. The summed E-state index contributed by atoms with van der Waals surface area (Å²) in [7, 11) is 3.32. The van der Waals surface area contributed by atoms with Crippen LogP contribution in [0.4, 0.5) is 4.39 Å². The van der Waals surface area contributed by atoms with E-state index in [1.54, 1.807) is 14.2 Å². The zero-order valence-corrected chi connectivity index (χ0v) is 13.0. The van der Waals surface area contributed by atoms with Gasteiger partial charge in [-0.15, -0.1) is 0 Å². The Labute approximate surface area is 125 Å². The van der Waals surface area contributed by atoms with E-state index in [-0.39, 0.29) is 5.92 Å². The van der Waals surface area contributed by atoms with E-state index < -0.39 is 11.9 Å². The molecule has 0 aliphatic carbocycles. The van der Waals surface area contributed by atoms with Crippen molar-refractivity contribution in [2.75, 3.05) is 47.1 Å². The molecule has 0 fully saturated rings. The number of hydrogen-bond donors (Lipinski definition) is 1. The van der Waals surface area contributed by atoms with Gasteiger partial charge in [0.05, 0.1) is 31.2 Å². The molecule has 5 nitrogen and oxygen atoms in total. The van der Waals surface area contributed by atoms with Crippen molar-refractivity contribution in [3.63, 3.8) is 0 Å². The second-order valence-corrected chi connectivity index (χ2v) is 5.11. The third-order valence-corrected chi connectivity index (χ3v) is 3.36. The lowest BCUT2D eigenvalue weighted by atomic mass is 10.0. The molecule has 120 valence electrons. The van der Waals surface area contributed by atoms with Crippen LogP contribution >= 0.6 is 0 Å². The summed E-state index contributed by atoms with van der Waals surface area (Å²) >= 11 is 0. The smallest absolute Gasteiger partial charge is 0.141 e. The van der Waals surface area contributed by atoms with Gasteiger partial charge in [0.2, 0.25) is 0 Å². The summed E-state index contributed by atoms with van der Waals surface area (Å²) in [5.41, 5.74) is 0.488. The minimum Gasteiger partial charge on any atom is -0.386 e. The van der Waals surface area contributed by atoms with Crippen molar-refractivity contribution in [1.82, 2.24) is 9.88 Å². The van der Waals surface area contributed by atoms with E-state index in [1.165, 1.54) is 12.1 Å². The molecule has 2 atom stereocenters. The molecule has 21 heavy (non-hydrogen) atoms. The normalized spacial score (nSPS) is 14.4. The first-order chi connectivity index (χ1) is 10.1. The molecular weight excluding hydrogens is 275 g/mol. The SMILES string of the molecule is COCCN(CCOC)CC(C)C(O)c1ccc(F)cn1. The second-order valence-electron chi connectivity index (χ2n) is 5.11. The Hall–Kier alpha value is -1.08. The van der Waals surface area contributed by atoms with E-state index in [9.17, 15) is 9.50 Å². The first-order valence-electron chi connectivity index (χ1n) is 7.08. The quantitative estimate of drug-likeness (QED) is 0.709. The number of aromatic nitrogens is 1. The molecule has 0 aliphatic heterocycles. The fourth-order valence-electron chi connectivity index (χ4n) is 2.10. The lowest BCUT2D eigenvalue weighted by Gasteiger charge is -2.27. The first-order valence-corrected chi connectivity index (χ1v) is 7.08. The van der Waals surface area contributed by atoms with Gasteiger partial charge in [-0.2, -0.15) is 0 Å². The summed E-state index contributed by atoms with van der Waals surface area (Å²) in [5.74, 6) is -0.433. The number of rotatable bonds is 10. The summed E-state index contributed by atoms with van der Waals surface area (Å²) in [6.07, 6.45) is 0.400. The van der Waals surface area contributed by atoms with Crippen molar-refractivity contribution >= 4 is 0 Å². The molecule has 6 heteroatoms. The Morgan fingerprint density at radius 3 is 2.33 bits per heavy atom. The van der Waals surface area contributed by atoms with Gasteiger partial charge in [-0.25, -0.2) is 4.39 Å². The lowest BCUT2D eigenvalue weighted by molar-refractivity contribution is 0.0610. The fraction of sp³-hybridized carbons (Fsp3) is 0.667. The van der Waals surface area contributed by atoms with Crippen LogP contribution in [0.25, 0.3) is 0 Å². The van der Waals surface area contributed by atoms with Gasteiger partial charge in [0.1, 0.15) is 5.82 Å². The zero-order chi connectivity index (χ0) is 15.7. The van der Waals surface area contributed by atoms with E-state index in [1.807, 2.05) is 6.92 Å². The van der Waals surface area contributed by atoms with Gasteiger partial charge >= 0.3 is 0 Å². The average molecular weight is 300 g/mol. The van der Waals surface area contributed by atoms with E-state index in [4.69, 9.17) is 9.47 Å². The zero-order valence-electron chi connectivity index (χ0n) is 13.0. The van der Waals surface area contributed by atoms with Crippen LogP contribution in [0, 0.1) is 11.7 Å². The highest BCUT2D eigenvalue weighted by Crippen LogP contribution is 2.21. The minimum atomic E-state index is -0.724. The Balaban J connectivity index is 2.57. The number of halogens is 1. The number of methoxy groups -OCH3 is 2. The molecule has 1 aromatic rings. The van der Waals surface area contributed by atoms with Gasteiger partial charge in [-0.1, -0.05) is 6.92 Å². The van der Waals surface area contributed by atoms with Gasteiger partial charge in [-0.3, -0.25) is 9.88 Å². The Kier molecular flexibility index (Phi) is 8.37. The van der Waals surface area contributed by atoms with Gasteiger partial charge < -0.3 is 14.6 Å². The van der Waals surface area contributed by atoms with Crippen molar-refractivity contribution in [2.24, 2.45) is 5.92 Å². The maximum Gasteiger partial charge on any atom is 0.141 e. The molecule has 1 N–H and O–H groups in total. The number of pyridine rings is 1. The molecule has 0 radical (unpaired) electrons. The van der Waals surface area contributed by atoms with Gasteiger partial charge in [0, 0.05) is 39.8 Å². The molecule has 1 heterocycles. The molecule has 0 spiro atoms. The molecule has 1 aromatic heterocycles. The van der Waals surface area contributed by atoms with Crippen LogP contribution in [0.3, 0.4) is 0 Å². The summed E-state index contributed by atoms with van der Waals surface area (Å²) in [5, 5.41) is 10.3. The molecule has 0 bridgehead atoms. The largest absolute Gasteiger partial charge is 0.386 e. The number of aliphatic hydroxyl groups is 1. The maximum absolute atomic E-state index is 12.9. The molecule has 0 aliphatic rings. The van der Waals surface area contributed by atoms with Crippen LogP contribution in [-0.2, 0) is 9.47 Å². The van der Waals surface area contributed by atoms with Crippen LogP contribution in [0.15, 0.2) is 18.3 Å². The third-order valence-electron chi connectivity index (χ3n) is 3.36. The number of ether oxygens (including phenoxy) is 2. The van der Waals surface area contributed by atoms with Gasteiger partial charge in [-0.05, 0) is 12.1 Å². The predicted octanol–water partition coefficient (Wildman–Crippen LogP) is 1.48. The monoisotopic (exact) mass is 300 g/mol.